The molecule has 0 bridgehead atoms. The predicted molar refractivity (Wildman–Crippen MR) is 163 cm³/mol. The van der Waals surface area contributed by atoms with Crippen LogP contribution in [0.4, 0.5) is 0 Å². The summed E-state index contributed by atoms with van der Waals surface area (Å²) in [6, 6.07) is 16.0. The summed E-state index contributed by atoms with van der Waals surface area (Å²) in [5, 5.41) is 6.37. The molecule has 5 rings (SSSR count). The van der Waals surface area contributed by atoms with Crippen molar-refractivity contribution in [2.75, 3.05) is 13.7 Å². The average molecular weight is 674 g/mol. The Bertz CT molecular complexity index is 1810. The molecule has 0 aliphatic heterocycles. The maximum absolute atomic E-state index is 13.6. The third-order valence-electron chi connectivity index (χ3n) is 5.79. The zero-order valence-corrected chi connectivity index (χ0v) is 25.5. The van der Waals surface area contributed by atoms with Crippen LogP contribution in [-0.4, -0.2) is 29.6 Å². The van der Waals surface area contributed by atoms with Crippen molar-refractivity contribution in [2.24, 2.45) is 10.5 Å². The van der Waals surface area contributed by atoms with Gasteiger partial charge in [0.1, 0.15) is 5.58 Å². The van der Waals surface area contributed by atoms with Crippen LogP contribution < -0.4 is 15.0 Å². The van der Waals surface area contributed by atoms with Crippen molar-refractivity contribution in [2.45, 2.75) is 20.8 Å². The van der Waals surface area contributed by atoms with Crippen molar-refractivity contribution in [1.29, 1.82) is 0 Å². The largest absolute Gasteiger partial charge is 0.493 e. The summed E-state index contributed by atoms with van der Waals surface area (Å²) in [4.78, 5) is 18.3. The fourth-order valence-electron chi connectivity index (χ4n) is 3.91. The molecule has 0 amide bonds. The summed E-state index contributed by atoms with van der Waals surface area (Å²) in [5.41, 5.74) is 1.43. The monoisotopic (exact) mass is 671 g/mol. The maximum Gasteiger partial charge on any atom is 0.282 e. The maximum atomic E-state index is 13.6. The van der Waals surface area contributed by atoms with Crippen LogP contribution in [0.1, 0.15) is 26.3 Å². The van der Waals surface area contributed by atoms with E-state index in [9.17, 15) is 4.79 Å². The highest BCUT2D eigenvalue weighted by molar-refractivity contribution is 9.13. The number of halogens is 3. The normalized spacial score (nSPS) is 12.1. The molecule has 0 aliphatic carbocycles. The van der Waals surface area contributed by atoms with Crippen molar-refractivity contribution in [3.05, 3.63) is 84.5 Å². The molecule has 0 fully saturated rings. The first-order chi connectivity index (χ1) is 18.6. The number of ether oxygens (including phenoxy) is 2. The van der Waals surface area contributed by atoms with Gasteiger partial charge in [0.25, 0.3) is 5.56 Å². The minimum atomic E-state index is -0.336. The zero-order valence-electron chi connectivity index (χ0n) is 21.6. The van der Waals surface area contributed by atoms with E-state index in [1.165, 1.54) is 4.68 Å². The molecule has 0 radical (unpaired) electrons. The van der Waals surface area contributed by atoms with Gasteiger partial charge in [-0.1, -0.05) is 44.5 Å². The van der Waals surface area contributed by atoms with Crippen molar-refractivity contribution < 1.29 is 13.9 Å². The second-order valence-corrected chi connectivity index (χ2v) is 12.1. The van der Waals surface area contributed by atoms with Gasteiger partial charge >= 0.3 is 0 Å². The highest BCUT2D eigenvalue weighted by atomic mass is 79.9. The summed E-state index contributed by atoms with van der Waals surface area (Å²) in [6.45, 7) is 6.76. The third kappa shape index (κ3) is 5.62. The van der Waals surface area contributed by atoms with E-state index in [4.69, 9.17) is 30.5 Å². The second kappa shape index (κ2) is 10.8. The Labute approximate surface area is 246 Å². The van der Waals surface area contributed by atoms with Gasteiger partial charge in [-0.15, -0.1) is 0 Å². The Morgan fingerprint density at radius 3 is 2.62 bits per heavy atom. The van der Waals surface area contributed by atoms with Gasteiger partial charge in [0.15, 0.2) is 17.3 Å². The lowest BCUT2D eigenvalue weighted by Gasteiger charge is -2.21. The SMILES string of the molecule is COc1cc(C=Nn2c(-c3cc4cc(Cl)ccc4o3)nc3ccccc3c2=O)c(Br)c(Br)c1OCC(C)(C)C. The van der Waals surface area contributed by atoms with Crippen LogP contribution in [0.15, 0.2) is 77.9 Å². The van der Waals surface area contributed by atoms with Gasteiger partial charge in [0.05, 0.1) is 35.3 Å². The minimum absolute atomic E-state index is 0.0420. The number of rotatable bonds is 6. The summed E-state index contributed by atoms with van der Waals surface area (Å²) < 4.78 is 20.3. The van der Waals surface area contributed by atoms with Crippen molar-refractivity contribution >= 4 is 71.5 Å². The van der Waals surface area contributed by atoms with E-state index < -0.39 is 0 Å². The van der Waals surface area contributed by atoms with Crippen LogP contribution in [0.2, 0.25) is 5.02 Å². The molecule has 0 N–H and O–H groups in total. The van der Waals surface area contributed by atoms with E-state index in [1.54, 1.807) is 61.9 Å². The fourth-order valence-corrected chi connectivity index (χ4v) is 5.02. The number of hydrogen-bond acceptors (Lipinski definition) is 6. The number of fused-ring (bicyclic) bond motifs is 2. The molecule has 0 atom stereocenters. The highest BCUT2D eigenvalue weighted by Gasteiger charge is 2.21. The first-order valence-electron chi connectivity index (χ1n) is 12.0. The number of aromatic nitrogens is 2. The first-order valence-corrected chi connectivity index (χ1v) is 14.0. The molecular weight excluding hydrogens is 650 g/mol. The molecule has 0 unspecified atom stereocenters. The van der Waals surface area contributed by atoms with Crippen LogP contribution in [0.25, 0.3) is 33.5 Å². The fraction of sp³-hybridized carbons (Fsp3) is 0.207. The molecule has 5 aromatic rings. The zero-order chi connectivity index (χ0) is 27.9. The molecule has 2 aromatic heterocycles. The Morgan fingerprint density at radius 2 is 1.87 bits per heavy atom. The van der Waals surface area contributed by atoms with Gasteiger partial charge in [-0.3, -0.25) is 4.79 Å². The molecule has 0 spiro atoms. The summed E-state index contributed by atoms with van der Waals surface area (Å²) in [7, 11) is 1.57. The smallest absolute Gasteiger partial charge is 0.282 e. The summed E-state index contributed by atoms with van der Waals surface area (Å²) >= 11 is 13.4. The molecule has 10 heteroatoms. The standard InChI is InChI=1S/C29H24Br2ClN3O4/c1-29(2,3)15-38-26-22(37-4)13-17(24(30)25(26)31)14-33-35-27(34-20-8-6-5-7-19(20)28(35)36)23-12-16-11-18(32)9-10-21(16)39-23/h5-14H,15H2,1-4H3. The van der Waals surface area contributed by atoms with Crippen molar-refractivity contribution in [3.63, 3.8) is 0 Å². The van der Waals surface area contributed by atoms with Gasteiger partial charge in [-0.25, -0.2) is 4.98 Å². The van der Waals surface area contributed by atoms with E-state index in [2.05, 4.69) is 57.7 Å². The molecule has 7 nitrogen and oxygen atoms in total. The molecule has 0 saturated heterocycles. The van der Waals surface area contributed by atoms with Gasteiger partial charge in [0.2, 0.25) is 5.82 Å². The van der Waals surface area contributed by atoms with Crippen LogP contribution in [0, 0.1) is 5.41 Å². The number of hydrogen-bond donors (Lipinski definition) is 0. The summed E-state index contributed by atoms with van der Waals surface area (Å²) in [6.07, 6.45) is 1.56. The van der Waals surface area contributed by atoms with E-state index in [0.29, 0.717) is 59.9 Å². The van der Waals surface area contributed by atoms with Crippen LogP contribution >= 0.6 is 43.5 Å². The van der Waals surface area contributed by atoms with Crippen LogP contribution in [0.5, 0.6) is 11.5 Å². The number of methoxy groups -OCH3 is 1. The molecule has 2 heterocycles. The minimum Gasteiger partial charge on any atom is -0.493 e. The molecule has 200 valence electrons. The van der Waals surface area contributed by atoms with Gasteiger partial charge in [0, 0.05) is 20.4 Å². The summed E-state index contributed by atoms with van der Waals surface area (Å²) in [5.74, 6) is 1.74. The van der Waals surface area contributed by atoms with Gasteiger partial charge in [-0.2, -0.15) is 9.78 Å². The highest BCUT2D eigenvalue weighted by Crippen LogP contribution is 2.43. The molecule has 0 saturated carbocycles. The lowest BCUT2D eigenvalue weighted by atomic mass is 9.99. The number of furan rings is 1. The van der Waals surface area contributed by atoms with Crippen LogP contribution in [0.3, 0.4) is 0 Å². The Hall–Kier alpha value is -3.14. The van der Waals surface area contributed by atoms with E-state index in [0.717, 1.165) is 5.39 Å². The lowest BCUT2D eigenvalue weighted by Crippen LogP contribution is -2.20. The predicted octanol–water partition coefficient (Wildman–Crippen LogP) is 8.30. The number of nitrogens with zero attached hydrogens (tertiary/aromatic N) is 3. The van der Waals surface area contributed by atoms with Crippen molar-refractivity contribution in [1.82, 2.24) is 9.66 Å². The average Bonchev–Trinajstić information content (AvgIpc) is 3.32. The molecule has 3 aromatic carbocycles. The molecular formula is C29H24Br2ClN3O4. The quantitative estimate of drug-likeness (QED) is 0.170. The number of para-hydroxylation sites is 1. The van der Waals surface area contributed by atoms with E-state index in [1.807, 2.05) is 6.07 Å². The van der Waals surface area contributed by atoms with Gasteiger partial charge < -0.3 is 13.9 Å². The van der Waals surface area contributed by atoms with E-state index >= 15 is 0 Å². The lowest BCUT2D eigenvalue weighted by molar-refractivity contribution is 0.190. The molecule has 0 aliphatic rings. The second-order valence-electron chi connectivity index (χ2n) is 10.1. The third-order valence-corrected chi connectivity index (χ3v) is 8.17. The molecule has 39 heavy (non-hydrogen) atoms. The topological polar surface area (TPSA) is 78.9 Å². The van der Waals surface area contributed by atoms with E-state index in [-0.39, 0.29) is 16.8 Å². The number of benzene rings is 3. The Morgan fingerprint density at radius 1 is 1.10 bits per heavy atom. The van der Waals surface area contributed by atoms with Gasteiger partial charge in [-0.05, 0) is 79.7 Å². The Kier molecular flexibility index (Phi) is 7.59. The van der Waals surface area contributed by atoms with Crippen molar-refractivity contribution in [3.8, 4) is 23.1 Å². The Balaban J connectivity index is 1.65. The van der Waals surface area contributed by atoms with Crippen LogP contribution in [-0.2, 0) is 0 Å². The first kappa shape index (κ1) is 27.4.